The normalized spacial score (nSPS) is 18.5. The SMILES string of the molecule is CCC[C@@H](C)NC(=O)CN1CCN(S(=O)(=O)c2ccc(Cl)s2)CC1. The van der Waals surface area contributed by atoms with Crippen LogP contribution in [0.15, 0.2) is 16.3 Å². The zero-order valence-electron chi connectivity index (χ0n) is 14.0. The van der Waals surface area contributed by atoms with Gasteiger partial charge in [-0.25, -0.2) is 8.42 Å². The van der Waals surface area contributed by atoms with Crippen LogP contribution in [-0.4, -0.2) is 62.3 Å². The maximum absolute atomic E-state index is 12.5. The van der Waals surface area contributed by atoms with E-state index in [-0.39, 0.29) is 16.2 Å². The van der Waals surface area contributed by atoms with Crippen LogP contribution in [0.5, 0.6) is 0 Å². The van der Waals surface area contributed by atoms with Crippen LogP contribution in [0.4, 0.5) is 0 Å². The number of hydrogen-bond donors (Lipinski definition) is 1. The van der Waals surface area contributed by atoms with Crippen molar-refractivity contribution in [2.75, 3.05) is 32.7 Å². The lowest BCUT2D eigenvalue weighted by Crippen LogP contribution is -2.51. The quantitative estimate of drug-likeness (QED) is 0.769. The summed E-state index contributed by atoms with van der Waals surface area (Å²) in [5, 5.41) is 2.97. The molecule has 9 heteroatoms. The number of halogens is 1. The van der Waals surface area contributed by atoms with Crippen molar-refractivity contribution in [2.24, 2.45) is 0 Å². The van der Waals surface area contributed by atoms with E-state index in [4.69, 9.17) is 11.6 Å². The summed E-state index contributed by atoms with van der Waals surface area (Å²) in [6.07, 6.45) is 1.99. The maximum atomic E-state index is 12.5. The predicted octanol–water partition coefficient (Wildman–Crippen LogP) is 2.01. The third-order valence-electron chi connectivity index (χ3n) is 3.97. The van der Waals surface area contributed by atoms with Gasteiger partial charge in [-0.15, -0.1) is 11.3 Å². The van der Waals surface area contributed by atoms with Crippen LogP contribution >= 0.6 is 22.9 Å². The molecule has 1 N–H and O–H groups in total. The second-order valence-corrected chi connectivity index (χ2v) is 9.88. The molecule has 1 aromatic heterocycles. The highest BCUT2D eigenvalue weighted by molar-refractivity contribution is 7.91. The molecule has 1 aliphatic heterocycles. The van der Waals surface area contributed by atoms with Crippen molar-refractivity contribution in [2.45, 2.75) is 36.9 Å². The molecular weight excluding hydrogens is 370 g/mol. The van der Waals surface area contributed by atoms with Gasteiger partial charge < -0.3 is 5.32 Å². The van der Waals surface area contributed by atoms with E-state index in [1.54, 1.807) is 6.07 Å². The van der Waals surface area contributed by atoms with E-state index in [0.29, 0.717) is 37.1 Å². The first-order chi connectivity index (χ1) is 11.3. The van der Waals surface area contributed by atoms with Crippen LogP contribution in [0, 0.1) is 0 Å². The number of hydrogen-bond acceptors (Lipinski definition) is 5. The van der Waals surface area contributed by atoms with Gasteiger partial charge in [0.1, 0.15) is 4.21 Å². The molecule has 0 unspecified atom stereocenters. The van der Waals surface area contributed by atoms with Gasteiger partial charge in [0.15, 0.2) is 0 Å². The first-order valence-corrected chi connectivity index (χ1v) is 10.7. The molecule has 0 spiro atoms. The minimum atomic E-state index is -3.48. The molecule has 1 amide bonds. The van der Waals surface area contributed by atoms with Crippen molar-refractivity contribution in [3.8, 4) is 0 Å². The Morgan fingerprint density at radius 3 is 2.54 bits per heavy atom. The third kappa shape index (κ3) is 5.16. The second kappa shape index (κ2) is 8.62. The lowest BCUT2D eigenvalue weighted by Gasteiger charge is -2.33. The molecule has 6 nitrogen and oxygen atoms in total. The highest BCUT2D eigenvalue weighted by atomic mass is 35.5. The number of nitrogens with zero attached hydrogens (tertiary/aromatic N) is 2. The van der Waals surface area contributed by atoms with Crippen LogP contribution in [0.3, 0.4) is 0 Å². The van der Waals surface area contributed by atoms with E-state index < -0.39 is 10.0 Å². The Hall–Kier alpha value is -0.670. The number of amides is 1. The van der Waals surface area contributed by atoms with E-state index in [2.05, 4.69) is 12.2 Å². The fraction of sp³-hybridized carbons (Fsp3) is 0.667. The van der Waals surface area contributed by atoms with Crippen LogP contribution in [0.2, 0.25) is 4.34 Å². The highest BCUT2D eigenvalue weighted by Crippen LogP contribution is 2.28. The van der Waals surface area contributed by atoms with Crippen molar-refractivity contribution in [1.29, 1.82) is 0 Å². The summed E-state index contributed by atoms with van der Waals surface area (Å²) < 4.78 is 27.2. The van der Waals surface area contributed by atoms with E-state index in [1.807, 2.05) is 11.8 Å². The number of sulfonamides is 1. The highest BCUT2D eigenvalue weighted by Gasteiger charge is 2.30. The molecule has 2 heterocycles. The summed E-state index contributed by atoms with van der Waals surface area (Å²) in [4.78, 5) is 14.0. The lowest BCUT2D eigenvalue weighted by molar-refractivity contribution is -0.123. The van der Waals surface area contributed by atoms with Crippen LogP contribution in [0.25, 0.3) is 0 Å². The monoisotopic (exact) mass is 393 g/mol. The molecule has 0 saturated carbocycles. The largest absolute Gasteiger partial charge is 0.353 e. The Kier molecular flexibility index (Phi) is 7.06. The fourth-order valence-electron chi connectivity index (χ4n) is 2.72. The van der Waals surface area contributed by atoms with Crippen molar-refractivity contribution >= 4 is 38.9 Å². The second-order valence-electron chi connectivity index (χ2n) is 6.00. The van der Waals surface area contributed by atoms with E-state index >= 15 is 0 Å². The van der Waals surface area contributed by atoms with Gasteiger partial charge in [0, 0.05) is 32.2 Å². The number of carbonyl (C=O) groups is 1. The lowest BCUT2D eigenvalue weighted by atomic mass is 10.2. The minimum Gasteiger partial charge on any atom is -0.353 e. The van der Waals surface area contributed by atoms with Crippen molar-refractivity contribution in [3.05, 3.63) is 16.5 Å². The molecule has 1 saturated heterocycles. The van der Waals surface area contributed by atoms with Gasteiger partial charge in [0.05, 0.1) is 10.9 Å². The van der Waals surface area contributed by atoms with Gasteiger partial charge in [-0.05, 0) is 25.5 Å². The summed E-state index contributed by atoms with van der Waals surface area (Å²) >= 11 is 6.90. The zero-order valence-corrected chi connectivity index (χ0v) is 16.4. The van der Waals surface area contributed by atoms with E-state index in [1.165, 1.54) is 10.4 Å². The Labute approximate surface area is 152 Å². The molecule has 136 valence electrons. The van der Waals surface area contributed by atoms with E-state index in [9.17, 15) is 13.2 Å². The van der Waals surface area contributed by atoms with Gasteiger partial charge in [-0.2, -0.15) is 4.31 Å². The average Bonchev–Trinajstić information content (AvgIpc) is 2.95. The number of thiophene rings is 1. The fourth-order valence-corrected chi connectivity index (χ4v) is 5.78. The maximum Gasteiger partial charge on any atom is 0.252 e. The summed E-state index contributed by atoms with van der Waals surface area (Å²) in [6.45, 7) is 6.26. The van der Waals surface area contributed by atoms with E-state index in [0.717, 1.165) is 24.2 Å². The number of piperazine rings is 1. The zero-order chi connectivity index (χ0) is 17.7. The van der Waals surface area contributed by atoms with Gasteiger partial charge in [-0.3, -0.25) is 9.69 Å². The number of rotatable bonds is 7. The molecular formula is C15H24ClN3O3S2. The smallest absolute Gasteiger partial charge is 0.252 e. The van der Waals surface area contributed by atoms with Gasteiger partial charge in [0.25, 0.3) is 10.0 Å². The Bertz CT molecular complexity index is 655. The molecule has 2 rings (SSSR count). The molecule has 0 radical (unpaired) electrons. The van der Waals surface area contributed by atoms with Gasteiger partial charge in [0.2, 0.25) is 5.91 Å². The Morgan fingerprint density at radius 1 is 1.33 bits per heavy atom. The van der Waals surface area contributed by atoms with Crippen molar-refractivity contribution in [1.82, 2.24) is 14.5 Å². The van der Waals surface area contributed by atoms with Crippen LogP contribution in [-0.2, 0) is 14.8 Å². The average molecular weight is 394 g/mol. The van der Waals surface area contributed by atoms with Crippen LogP contribution in [0.1, 0.15) is 26.7 Å². The summed E-state index contributed by atoms with van der Waals surface area (Å²) in [5.74, 6) is -0.00250. The topological polar surface area (TPSA) is 69.7 Å². The summed E-state index contributed by atoms with van der Waals surface area (Å²) in [7, 11) is -3.48. The van der Waals surface area contributed by atoms with Crippen molar-refractivity contribution in [3.63, 3.8) is 0 Å². The molecule has 24 heavy (non-hydrogen) atoms. The molecule has 1 fully saturated rings. The molecule has 0 aliphatic carbocycles. The standard InChI is InChI=1S/C15H24ClN3O3S2/c1-3-4-12(2)17-14(20)11-18-7-9-19(10-8-18)24(21,22)15-6-5-13(16)23-15/h5-6,12H,3-4,7-11H2,1-2H3,(H,17,20)/t12-/m1/s1. The third-order valence-corrected chi connectivity index (χ3v) is 7.57. The van der Waals surface area contributed by atoms with Crippen LogP contribution < -0.4 is 5.32 Å². The first-order valence-electron chi connectivity index (χ1n) is 8.10. The molecule has 1 aromatic rings. The van der Waals surface area contributed by atoms with Gasteiger partial charge >= 0.3 is 0 Å². The molecule has 0 bridgehead atoms. The summed E-state index contributed by atoms with van der Waals surface area (Å²) in [5.41, 5.74) is 0. The molecule has 1 aliphatic rings. The molecule has 1 atom stereocenters. The minimum absolute atomic E-state index is 0.00250. The molecule has 0 aromatic carbocycles. The predicted molar refractivity (Wildman–Crippen MR) is 97.0 cm³/mol. The Morgan fingerprint density at radius 2 is 2.00 bits per heavy atom. The summed E-state index contributed by atoms with van der Waals surface area (Å²) in [6, 6.07) is 3.31. The van der Waals surface area contributed by atoms with Gasteiger partial charge in [-0.1, -0.05) is 24.9 Å². The van der Waals surface area contributed by atoms with Crippen molar-refractivity contribution < 1.29 is 13.2 Å². The number of nitrogens with one attached hydrogen (secondary N) is 1. The first kappa shape index (κ1) is 19.7. The Balaban J connectivity index is 1.84. The number of carbonyl (C=O) groups excluding carboxylic acids is 1.